The molecule has 0 aromatic heterocycles. The second-order valence-corrected chi connectivity index (χ2v) is 32.1. The highest BCUT2D eigenvalue weighted by Gasteiger charge is 2.84. The molecule has 12 heteroatoms. The Morgan fingerprint density at radius 3 is 0.750 bits per heavy atom. The zero-order chi connectivity index (χ0) is 94.7. The summed E-state index contributed by atoms with van der Waals surface area (Å²) in [5, 5.41) is 16.4. The van der Waals surface area contributed by atoms with Gasteiger partial charge in [0.05, 0.1) is 56.7 Å². The average molecular weight is 1620 g/mol. The van der Waals surface area contributed by atoms with E-state index in [-0.39, 0.29) is 11.6 Å². The zero-order valence-corrected chi connectivity index (χ0v) is 66.1. The number of ketones is 4. The van der Waals surface area contributed by atoms with Gasteiger partial charge in [0.25, 0.3) is 0 Å². The van der Waals surface area contributed by atoms with Gasteiger partial charge in [-0.25, -0.2) is 9.80 Å². The van der Waals surface area contributed by atoms with E-state index >= 15 is 28.8 Å². The first-order chi connectivity index (χ1) is 65.4. The molecule has 6 aliphatic rings. The van der Waals surface area contributed by atoms with Crippen LogP contribution in [0.2, 0.25) is 0 Å². The fraction of sp³-hybridized carbons (Fsp3) is 0.107. The molecule has 124 heavy (non-hydrogen) atoms. The van der Waals surface area contributed by atoms with Crippen molar-refractivity contribution < 1.29 is 64.3 Å². The highest BCUT2D eigenvalue weighted by atomic mass is 16.5. The Bertz CT molecular complexity index is 7360. The molecule has 0 unspecified atom stereocenters. The number of ether oxygens (including phenoxy) is 2. The highest BCUT2D eigenvalue weighted by molar-refractivity contribution is 6.36. The fourth-order valence-electron chi connectivity index (χ4n) is 22.2. The summed E-state index contributed by atoms with van der Waals surface area (Å²) in [4.78, 5) is 119. The third-order valence-electron chi connectivity index (χ3n) is 26.4. The van der Waals surface area contributed by atoms with E-state index in [1.54, 1.807) is 24.3 Å². The summed E-state index contributed by atoms with van der Waals surface area (Å²) in [5.41, 5.74) is 0.973. The highest BCUT2D eigenvalue weighted by Crippen LogP contribution is 2.75. The van der Waals surface area contributed by atoms with Crippen molar-refractivity contribution >= 4 is 144 Å². The maximum Gasteiger partial charge on any atom is 0.239 e. The molecule has 596 valence electrons. The van der Waals surface area contributed by atoms with E-state index in [9.17, 15) is 9.59 Å². The van der Waals surface area contributed by atoms with Crippen molar-refractivity contribution in [1.29, 1.82) is 0 Å². The number of amides is 4. The van der Waals surface area contributed by atoms with Crippen LogP contribution in [0.15, 0.2) is 376 Å². The number of Topliss-reactive ketones (excluding diaryl/α,β-unsaturated/α-hetero) is 4. The van der Waals surface area contributed by atoms with Crippen molar-refractivity contribution in [1.82, 2.24) is 0 Å². The van der Waals surface area contributed by atoms with Crippen LogP contribution in [-0.4, -0.2) is 46.8 Å². The molecule has 0 spiro atoms. The van der Waals surface area contributed by atoms with E-state index in [4.69, 9.17) is 25.9 Å². The number of nitrogens with zero attached hydrogens (tertiary/aromatic N) is 2. The van der Waals surface area contributed by atoms with E-state index in [0.717, 1.165) is 108 Å². The van der Waals surface area contributed by atoms with Gasteiger partial charge in [-0.15, -0.1) is 0 Å². The number of imide groups is 2. The molecule has 2 saturated carbocycles. The van der Waals surface area contributed by atoms with E-state index in [1.165, 1.54) is 9.80 Å². The van der Waals surface area contributed by atoms with E-state index in [0.29, 0.717) is 56.6 Å². The van der Waals surface area contributed by atoms with Crippen molar-refractivity contribution in [2.24, 2.45) is 23.7 Å². The quantitative estimate of drug-likeness (QED) is 0.0952. The lowest BCUT2D eigenvalue weighted by molar-refractivity contribution is -0.130. The van der Waals surface area contributed by atoms with E-state index in [1.807, 2.05) is 255 Å². The van der Waals surface area contributed by atoms with Gasteiger partial charge in [0.15, 0.2) is 23.1 Å². The molecule has 2 saturated heterocycles. The molecule has 18 aromatic rings. The van der Waals surface area contributed by atoms with Gasteiger partial charge in [0.2, 0.25) is 23.6 Å². The molecule has 4 bridgehead atoms. The number of carbonyl (C=O) groups is 8. The second-order valence-electron chi connectivity index (χ2n) is 32.1. The molecule has 4 fully saturated rings. The summed E-state index contributed by atoms with van der Waals surface area (Å²) in [7, 11) is 0. The van der Waals surface area contributed by atoms with Crippen LogP contribution >= 0.6 is 0 Å². The SMILES string of the molecule is O=C1[C@@H]2[C@H](C(=O)N1c1ccccc1Oc1ccc3ccc4ccccc4c3c1)[C@@]1(c3ccccc3)C(=O)[C@]2(c2ccccc2)c2c1c1ccccc1c1ccccc21.O=C1[C@@H]2[C@H](C(=O)N1c1ccccc1Oc1ccc3ccc4ccccc4c3c1)[C@@]1(c3ccccc3)C(=O)[C@]2(c2ccccc2)c2c1c1ccccc1c1ccccc21.[2H]C([2H])([2H])C(=O)C([2H])([2H])[2H].[2H]C([2H])([2H])C(=O)C([2H])([2H])[2H]. The van der Waals surface area contributed by atoms with Crippen LogP contribution in [0, 0.1) is 23.7 Å². The summed E-state index contributed by atoms with van der Waals surface area (Å²) in [6.45, 7) is -12.0. The van der Waals surface area contributed by atoms with Crippen molar-refractivity contribution in [2.75, 3.05) is 9.80 Å². The topological polar surface area (TPSA) is 161 Å². The third kappa shape index (κ3) is 10.7. The predicted octanol–water partition coefficient (Wildman–Crippen LogP) is 23.3. The van der Waals surface area contributed by atoms with Crippen molar-refractivity contribution in [3.05, 3.63) is 421 Å². The molecule has 12 nitrogen and oxygen atoms in total. The van der Waals surface area contributed by atoms with E-state index in [2.05, 4.69) is 97.1 Å². The molecule has 24 rings (SSSR count). The van der Waals surface area contributed by atoms with Crippen LogP contribution < -0.4 is 19.3 Å². The number of para-hydroxylation sites is 4. The molecule has 18 aromatic carbocycles. The average Bonchev–Trinajstić information content (AvgIpc) is 1.45. The predicted molar refractivity (Wildman–Crippen MR) is 489 cm³/mol. The monoisotopic (exact) mass is 1620 g/mol. The Hall–Kier alpha value is -15.4. The minimum atomic E-state index is -3.01. The van der Waals surface area contributed by atoms with Crippen LogP contribution in [0.25, 0.3) is 86.2 Å². The number of benzene rings is 18. The summed E-state index contributed by atoms with van der Waals surface area (Å²) >= 11 is 0. The lowest BCUT2D eigenvalue weighted by Gasteiger charge is -2.38. The lowest BCUT2D eigenvalue weighted by atomic mass is 9.59. The maximum atomic E-state index is 16.3. The molecule has 2 heterocycles. The Morgan fingerprint density at radius 1 is 0.250 bits per heavy atom. The first kappa shape index (κ1) is 63.6. The Kier molecular flexibility index (Phi) is 15.0. The maximum absolute atomic E-state index is 16.3. The van der Waals surface area contributed by atoms with Crippen molar-refractivity contribution in [2.45, 2.75) is 49.1 Å². The smallest absolute Gasteiger partial charge is 0.239 e. The number of fused-ring (bicyclic) bond motifs is 32. The van der Waals surface area contributed by atoms with Gasteiger partial charge in [-0.1, -0.05) is 328 Å². The largest absolute Gasteiger partial charge is 0.455 e. The molecular formula is C112H78N2O10. The van der Waals surface area contributed by atoms with Crippen LogP contribution in [0.3, 0.4) is 0 Å². The first-order valence-electron chi connectivity index (χ1n) is 46.8. The van der Waals surface area contributed by atoms with Gasteiger partial charge in [-0.05, 0) is 207 Å². The summed E-state index contributed by atoms with van der Waals surface area (Å²) in [6.07, 6.45) is 0. The summed E-state index contributed by atoms with van der Waals surface area (Å²) in [6, 6.07) is 123. The van der Waals surface area contributed by atoms with Gasteiger partial charge >= 0.3 is 0 Å². The van der Waals surface area contributed by atoms with Crippen molar-refractivity contribution in [3.8, 4) is 23.0 Å². The van der Waals surface area contributed by atoms with E-state index < -0.39 is 108 Å². The zero-order valence-electron chi connectivity index (χ0n) is 78.1. The molecule has 0 N–H and O–H groups in total. The molecule has 2 aliphatic heterocycles. The van der Waals surface area contributed by atoms with Gasteiger partial charge in [0, 0.05) is 16.4 Å². The Morgan fingerprint density at radius 2 is 0.476 bits per heavy atom. The Labute approximate surface area is 731 Å². The lowest BCUT2D eigenvalue weighted by Crippen LogP contribution is -2.45. The minimum absolute atomic E-state index is 0.127. The van der Waals surface area contributed by atoms with Gasteiger partial charge in [-0.3, -0.25) is 28.8 Å². The van der Waals surface area contributed by atoms with Crippen LogP contribution in [0.1, 0.15) is 88.4 Å². The number of hydrogen-bond donors (Lipinski definition) is 0. The second kappa shape index (κ2) is 29.2. The number of rotatable bonds is 10. The number of carbonyl (C=O) groups excluding carboxylic acids is 8. The number of hydrogen-bond acceptors (Lipinski definition) is 10. The molecular weight excluding hydrogens is 1530 g/mol. The molecule has 4 amide bonds. The molecule has 0 radical (unpaired) electrons. The third-order valence-corrected chi connectivity index (χ3v) is 26.4. The minimum Gasteiger partial charge on any atom is -0.455 e. The standard InChI is InChI=1S/2C53H33NO4.2C3H6O/c2*55-49-47-48(50(56)54(49)43-25-13-14-26-44(43)58-36-30-29-33-28-27-32-15-7-8-20-37(32)42(33)31-36)53(35-18-5-2-6-19-35)46-41-24-12-10-22-39(41)38-21-9-11-23-40(38)45(46)52(47,51(53)57)34-16-3-1-4-17-34;2*1-3(2)4/h2*1-31,47-48H;2*1-2H3/t2*47-,48+,52+,53-;;/i;;2*1D3,2D3. The first-order valence-corrected chi connectivity index (χ1v) is 40.8. The molecule has 8 atom stereocenters. The Balaban J connectivity index is 0.000000136. The van der Waals surface area contributed by atoms with Crippen LogP contribution in [-0.2, 0) is 60.0 Å². The van der Waals surface area contributed by atoms with Gasteiger partial charge < -0.3 is 19.1 Å². The van der Waals surface area contributed by atoms with Crippen LogP contribution in [0.4, 0.5) is 11.4 Å². The molecule has 4 aliphatic carbocycles. The van der Waals surface area contributed by atoms with Gasteiger partial charge in [0.1, 0.15) is 23.1 Å². The van der Waals surface area contributed by atoms with Crippen molar-refractivity contribution in [3.63, 3.8) is 0 Å². The summed E-state index contributed by atoms with van der Waals surface area (Å²) in [5.74, 6) is -7.42. The van der Waals surface area contributed by atoms with Gasteiger partial charge in [-0.2, -0.15) is 0 Å². The fourth-order valence-corrected chi connectivity index (χ4v) is 22.2. The van der Waals surface area contributed by atoms with Crippen LogP contribution in [0.5, 0.6) is 23.0 Å². The summed E-state index contributed by atoms with van der Waals surface area (Å²) < 4.78 is 90.4. The number of anilines is 2. The normalized spacial score (nSPS) is 22.8.